The van der Waals surface area contributed by atoms with Crippen molar-refractivity contribution in [3.05, 3.63) is 109 Å². The van der Waals surface area contributed by atoms with E-state index in [4.69, 9.17) is 4.74 Å². The number of thioether (sulfide) groups is 1. The van der Waals surface area contributed by atoms with Gasteiger partial charge in [0.05, 0.1) is 17.7 Å². The van der Waals surface area contributed by atoms with E-state index in [9.17, 15) is 12.8 Å². The van der Waals surface area contributed by atoms with E-state index in [2.05, 4.69) is 6.92 Å². The zero-order chi connectivity index (χ0) is 22.7. The molecular formula is C25H21FNO3S2. The summed E-state index contributed by atoms with van der Waals surface area (Å²) >= 11 is 1.53. The van der Waals surface area contributed by atoms with E-state index < -0.39 is 15.8 Å². The Morgan fingerprint density at radius 3 is 2.47 bits per heavy atom. The second-order valence-corrected chi connectivity index (χ2v) is 9.99. The Kier molecular flexibility index (Phi) is 6.39. The van der Waals surface area contributed by atoms with Crippen LogP contribution in [0.5, 0.6) is 5.75 Å². The lowest BCUT2D eigenvalue weighted by Crippen LogP contribution is -2.13. The van der Waals surface area contributed by atoms with Crippen LogP contribution in [0.4, 0.5) is 4.39 Å². The maximum Gasteiger partial charge on any atom is 0.268 e. The van der Waals surface area contributed by atoms with Gasteiger partial charge in [-0.05, 0) is 66.6 Å². The summed E-state index contributed by atoms with van der Waals surface area (Å²) in [6.07, 6.45) is 1.41. The van der Waals surface area contributed by atoms with Gasteiger partial charge in [0.15, 0.2) is 0 Å². The molecule has 0 saturated heterocycles. The first kappa shape index (κ1) is 22.2. The minimum absolute atomic E-state index is 0.130. The first-order valence-corrected chi connectivity index (χ1v) is 12.2. The van der Waals surface area contributed by atoms with E-state index in [1.807, 2.05) is 30.3 Å². The van der Waals surface area contributed by atoms with Crippen LogP contribution in [0.25, 0.3) is 11.3 Å². The molecule has 1 aromatic heterocycles. The highest BCUT2D eigenvalue weighted by molar-refractivity contribution is 7.98. The molecule has 1 radical (unpaired) electrons. The maximum absolute atomic E-state index is 14.4. The van der Waals surface area contributed by atoms with E-state index in [-0.39, 0.29) is 16.2 Å². The van der Waals surface area contributed by atoms with Crippen LogP contribution in [0.3, 0.4) is 0 Å². The highest BCUT2D eigenvalue weighted by Crippen LogP contribution is 2.31. The number of ether oxygens (including phenoxy) is 1. The zero-order valence-corrected chi connectivity index (χ0v) is 19.0. The molecule has 0 atom stereocenters. The number of hydrogen-bond donors (Lipinski definition) is 0. The minimum atomic E-state index is -3.95. The molecule has 0 amide bonds. The topological polar surface area (TPSA) is 48.3 Å². The van der Waals surface area contributed by atoms with Gasteiger partial charge in [-0.15, -0.1) is 11.8 Å². The van der Waals surface area contributed by atoms with Gasteiger partial charge in [0, 0.05) is 22.4 Å². The number of rotatable bonds is 7. The summed E-state index contributed by atoms with van der Waals surface area (Å²) in [7, 11) is -2.33. The molecule has 4 nitrogen and oxygen atoms in total. The Morgan fingerprint density at radius 2 is 1.75 bits per heavy atom. The van der Waals surface area contributed by atoms with Gasteiger partial charge in [0.1, 0.15) is 11.6 Å². The van der Waals surface area contributed by atoms with Gasteiger partial charge in [-0.3, -0.25) is 0 Å². The third-order valence-corrected chi connectivity index (χ3v) is 7.65. The Bertz CT molecular complexity index is 1350. The quantitative estimate of drug-likeness (QED) is 0.313. The third kappa shape index (κ3) is 4.59. The summed E-state index contributed by atoms with van der Waals surface area (Å²) in [5.74, 6) is 0.973. The first-order chi connectivity index (χ1) is 15.4. The smallest absolute Gasteiger partial charge is 0.268 e. The Labute approximate surface area is 191 Å². The van der Waals surface area contributed by atoms with Gasteiger partial charge in [-0.1, -0.05) is 30.3 Å². The molecular weight excluding hydrogens is 445 g/mol. The standard InChI is InChI=1S/C25H21FNO3S2/c1-18-14-25(23-8-3-4-9-24(23)26)27(16-18)32(28,29)22-7-5-6-21(15-22)31-17-19-10-12-20(30-2)13-11-19/h3-16H,1,17H2,2H3. The predicted molar refractivity (Wildman–Crippen MR) is 126 cm³/mol. The highest BCUT2D eigenvalue weighted by atomic mass is 32.2. The van der Waals surface area contributed by atoms with Crippen molar-refractivity contribution >= 4 is 21.8 Å². The minimum Gasteiger partial charge on any atom is -0.497 e. The second-order valence-electron chi connectivity index (χ2n) is 7.13. The fraction of sp³-hybridized carbons (Fsp3) is 0.0800. The molecule has 0 aliphatic rings. The lowest BCUT2D eigenvalue weighted by atomic mass is 10.1. The summed E-state index contributed by atoms with van der Waals surface area (Å²) < 4.78 is 47.5. The van der Waals surface area contributed by atoms with Gasteiger partial charge >= 0.3 is 0 Å². The second kappa shape index (κ2) is 9.22. The average molecular weight is 467 g/mol. The van der Waals surface area contributed by atoms with E-state index >= 15 is 0 Å². The van der Waals surface area contributed by atoms with Gasteiger partial charge in [-0.2, -0.15) is 0 Å². The number of methoxy groups -OCH3 is 1. The summed E-state index contributed by atoms with van der Waals surface area (Å²) in [5.41, 5.74) is 2.02. The SMILES string of the molecule is [CH2]c1cc(-c2ccccc2F)n(S(=O)(=O)c2cccc(SCc3ccc(OC)cc3)c2)c1. The highest BCUT2D eigenvalue weighted by Gasteiger charge is 2.23. The lowest BCUT2D eigenvalue weighted by molar-refractivity contribution is 0.414. The van der Waals surface area contributed by atoms with Crippen molar-refractivity contribution in [3.8, 4) is 17.0 Å². The van der Waals surface area contributed by atoms with E-state index in [0.717, 1.165) is 20.2 Å². The molecule has 0 saturated carbocycles. The molecule has 0 fully saturated rings. The number of benzene rings is 3. The molecule has 0 spiro atoms. The first-order valence-electron chi connectivity index (χ1n) is 9.79. The fourth-order valence-corrected chi connectivity index (χ4v) is 5.71. The van der Waals surface area contributed by atoms with Crippen LogP contribution >= 0.6 is 11.8 Å². The summed E-state index contributed by atoms with van der Waals surface area (Å²) in [5, 5.41) is 0. The molecule has 0 aliphatic heterocycles. The maximum atomic E-state index is 14.4. The van der Waals surface area contributed by atoms with E-state index in [1.54, 1.807) is 49.6 Å². The van der Waals surface area contributed by atoms with Crippen LogP contribution in [0, 0.1) is 12.7 Å². The van der Waals surface area contributed by atoms with Crippen molar-refractivity contribution in [2.75, 3.05) is 7.11 Å². The molecule has 7 heteroatoms. The third-order valence-electron chi connectivity index (χ3n) is 4.92. The molecule has 1 heterocycles. The van der Waals surface area contributed by atoms with Gasteiger partial charge < -0.3 is 4.74 Å². The van der Waals surface area contributed by atoms with Crippen molar-refractivity contribution in [1.29, 1.82) is 0 Å². The van der Waals surface area contributed by atoms with Crippen LogP contribution in [0.1, 0.15) is 11.1 Å². The Morgan fingerprint density at radius 1 is 1.00 bits per heavy atom. The van der Waals surface area contributed by atoms with Gasteiger partial charge in [0.2, 0.25) is 0 Å². The number of nitrogens with zero attached hydrogens (tertiary/aromatic N) is 1. The van der Waals surface area contributed by atoms with Crippen LogP contribution < -0.4 is 4.74 Å². The van der Waals surface area contributed by atoms with Crippen molar-refractivity contribution in [1.82, 2.24) is 3.97 Å². The Hall–Kier alpha value is -3.03. The van der Waals surface area contributed by atoms with Gasteiger partial charge in [-0.25, -0.2) is 16.8 Å². The molecule has 4 aromatic rings. The van der Waals surface area contributed by atoms with Crippen molar-refractivity contribution in [2.24, 2.45) is 0 Å². The molecule has 3 aromatic carbocycles. The molecule has 0 N–H and O–H groups in total. The van der Waals surface area contributed by atoms with Crippen molar-refractivity contribution in [2.45, 2.75) is 15.5 Å². The largest absolute Gasteiger partial charge is 0.497 e. The Balaban J connectivity index is 1.63. The molecule has 0 unspecified atom stereocenters. The van der Waals surface area contributed by atoms with Crippen molar-refractivity contribution in [3.63, 3.8) is 0 Å². The fourth-order valence-electron chi connectivity index (χ4n) is 3.29. The van der Waals surface area contributed by atoms with E-state index in [0.29, 0.717) is 11.3 Å². The van der Waals surface area contributed by atoms with Crippen LogP contribution in [-0.2, 0) is 15.8 Å². The summed E-state index contributed by atoms with van der Waals surface area (Å²) in [6.45, 7) is 3.84. The van der Waals surface area contributed by atoms with Crippen LogP contribution in [0.15, 0.2) is 94.9 Å². The average Bonchev–Trinajstić information content (AvgIpc) is 3.21. The predicted octanol–water partition coefficient (Wildman–Crippen LogP) is 6.01. The molecule has 32 heavy (non-hydrogen) atoms. The number of halogens is 1. The number of hydrogen-bond acceptors (Lipinski definition) is 4. The van der Waals surface area contributed by atoms with Crippen LogP contribution in [0.2, 0.25) is 0 Å². The lowest BCUT2D eigenvalue weighted by Gasteiger charge is -2.12. The number of aromatic nitrogens is 1. The van der Waals surface area contributed by atoms with E-state index in [1.165, 1.54) is 24.0 Å². The molecule has 0 aliphatic carbocycles. The van der Waals surface area contributed by atoms with Crippen molar-refractivity contribution < 1.29 is 17.5 Å². The molecule has 0 bridgehead atoms. The monoisotopic (exact) mass is 466 g/mol. The summed E-state index contributed by atoms with van der Waals surface area (Å²) in [6, 6.07) is 22.1. The molecule has 163 valence electrons. The molecule has 4 rings (SSSR count). The normalized spacial score (nSPS) is 11.5. The van der Waals surface area contributed by atoms with Crippen LogP contribution in [-0.4, -0.2) is 19.5 Å². The summed E-state index contributed by atoms with van der Waals surface area (Å²) in [4.78, 5) is 0.946. The zero-order valence-electron chi connectivity index (χ0n) is 17.4. The van der Waals surface area contributed by atoms with Gasteiger partial charge in [0.25, 0.3) is 10.0 Å².